The standard InChI is InChI=1S/C35H42FN5O3.C2H6/c1-6-23-26(36)11-10-21-16-22(42)17-25(28(21)23)27-20(3)31-29(24(7-2)30(27)37)32(41-15-9-13-35(5,43)18-41)40-33(39-31)44-19-34(4)12-8-14-38-34;1-2/h7,10-11,16-17,37-38,42-43H,6,8-9,12-15,18-19H2,1-5H3;1-2H3/b24-7-,37-30?;. The van der Waals surface area contributed by atoms with Crippen molar-refractivity contribution in [3.63, 3.8) is 0 Å². The number of aromatic hydroxyl groups is 1. The first kappa shape index (κ1) is 33.5. The maximum atomic E-state index is 15.2. The second kappa shape index (κ2) is 13.1. The fourth-order valence-electron chi connectivity index (χ4n) is 7.18. The molecule has 46 heavy (non-hydrogen) atoms. The van der Waals surface area contributed by atoms with E-state index in [1.165, 1.54) is 6.07 Å². The Morgan fingerprint density at radius 3 is 2.57 bits per heavy atom. The molecule has 2 fully saturated rings. The average Bonchev–Trinajstić information content (AvgIpc) is 3.47. The third-order valence-electron chi connectivity index (χ3n) is 9.40. The van der Waals surface area contributed by atoms with Crippen molar-refractivity contribution in [2.75, 3.05) is 31.1 Å². The topological polar surface area (TPSA) is 115 Å². The molecule has 3 aromatic rings. The molecule has 2 aromatic carbocycles. The summed E-state index contributed by atoms with van der Waals surface area (Å²) in [7, 11) is 0. The van der Waals surface area contributed by atoms with Gasteiger partial charge in [0.15, 0.2) is 0 Å². The van der Waals surface area contributed by atoms with Crippen LogP contribution in [0, 0.1) is 11.2 Å². The molecule has 1 aromatic heterocycles. The molecule has 6 rings (SSSR count). The van der Waals surface area contributed by atoms with Gasteiger partial charge in [0.2, 0.25) is 0 Å². The number of aromatic nitrogens is 2. The van der Waals surface area contributed by atoms with Crippen LogP contribution in [0.5, 0.6) is 11.8 Å². The summed E-state index contributed by atoms with van der Waals surface area (Å²) in [4.78, 5) is 12.0. The number of hydrogen-bond acceptors (Lipinski definition) is 8. The number of fused-ring (bicyclic) bond motifs is 2. The minimum atomic E-state index is -0.881. The summed E-state index contributed by atoms with van der Waals surface area (Å²) in [5.41, 5.74) is 3.62. The lowest BCUT2D eigenvalue weighted by Gasteiger charge is -2.39. The molecule has 2 atom stereocenters. The summed E-state index contributed by atoms with van der Waals surface area (Å²) in [6.45, 7) is 16.1. The van der Waals surface area contributed by atoms with Crippen LogP contribution in [0.3, 0.4) is 0 Å². The van der Waals surface area contributed by atoms with E-state index in [0.717, 1.165) is 36.9 Å². The maximum Gasteiger partial charge on any atom is 0.319 e. The Bertz CT molecular complexity index is 1720. The Morgan fingerprint density at radius 1 is 1.15 bits per heavy atom. The van der Waals surface area contributed by atoms with Crippen LogP contribution in [0.15, 0.2) is 30.3 Å². The van der Waals surface area contributed by atoms with Gasteiger partial charge < -0.3 is 25.2 Å². The molecule has 2 unspecified atom stereocenters. The molecule has 0 radical (unpaired) electrons. The molecule has 2 aliphatic heterocycles. The van der Waals surface area contributed by atoms with Crippen molar-refractivity contribution in [2.24, 2.45) is 0 Å². The number of aryl methyl sites for hydroxylation is 1. The molecule has 0 bridgehead atoms. The SMILES string of the molecule is C/C=C1\C(=N)C(c2cc(O)cc3ccc(F)c(CC)c23)=C(C)c2nc(OCC3(C)CCCN3)nc(N3CCCC(C)(O)C3)c21.CC. The van der Waals surface area contributed by atoms with E-state index in [2.05, 4.69) is 17.1 Å². The highest BCUT2D eigenvalue weighted by molar-refractivity contribution is 6.50. The van der Waals surface area contributed by atoms with E-state index in [0.29, 0.717) is 77.1 Å². The Hall–Kier alpha value is -3.82. The highest BCUT2D eigenvalue weighted by Gasteiger charge is 2.37. The summed E-state index contributed by atoms with van der Waals surface area (Å²) < 4.78 is 21.5. The molecular formula is C37H48FN5O3. The van der Waals surface area contributed by atoms with Crippen LogP contribution in [0.2, 0.25) is 0 Å². The van der Waals surface area contributed by atoms with E-state index in [9.17, 15) is 15.6 Å². The highest BCUT2D eigenvalue weighted by atomic mass is 19.1. The van der Waals surface area contributed by atoms with Gasteiger partial charge in [-0.05, 0) is 112 Å². The molecule has 246 valence electrons. The number of rotatable bonds is 6. The van der Waals surface area contributed by atoms with Crippen molar-refractivity contribution in [3.05, 3.63) is 58.5 Å². The van der Waals surface area contributed by atoms with Crippen molar-refractivity contribution >= 4 is 39.0 Å². The Kier molecular flexibility index (Phi) is 9.57. The van der Waals surface area contributed by atoms with Crippen molar-refractivity contribution in [1.29, 1.82) is 5.41 Å². The van der Waals surface area contributed by atoms with Crippen LogP contribution < -0.4 is 15.0 Å². The summed E-state index contributed by atoms with van der Waals surface area (Å²) in [5.74, 6) is 0.361. The minimum absolute atomic E-state index is 0.0438. The lowest BCUT2D eigenvalue weighted by atomic mass is 9.79. The molecule has 0 amide bonds. The van der Waals surface area contributed by atoms with E-state index in [1.54, 1.807) is 18.2 Å². The molecule has 3 aliphatic rings. The molecule has 4 N–H and O–H groups in total. The monoisotopic (exact) mass is 629 g/mol. The fourth-order valence-corrected chi connectivity index (χ4v) is 7.18. The Morgan fingerprint density at radius 2 is 1.91 bits per heavy atom. The van der Waals surface area contributed by atoms with Gasteiger partial charge in [0.25, 0.3) is 0 Å². The number of phenolic OH excluding ortho intramolecular Hbond substituents is 1. The zero-order valence-corrected chi connectivity index (χ0v) is 28.3. The number of nitrogens with one attached hydrogen (secondary N) is 2. The molecule has 1 aliphatic carbocycles. The van der Waals surface area contributed by atoms with E-state index in [-0.39, 0.29) is 28.8 Å². The third-order valence-corrected chi connectivity index (χ3v) is 9.40. The van der Waals surface area contributed by atoms with Crippen molar-refractivity contribution in [3.8, 4) is 11.8 Å². The number of phenols is 1. The first-order chi connectivity index (χ1) is 21.9. The predicted octanol–water partition coefficient (Wildman–Crippen LogP) is 7.30. The van der Waals surface area contributed by atoms with E-state index < -0.39 is 5.60 Å². The zero-order valence-electron chi connectivity index (χ0n) is 28.3. The van der Waals surface area contributed by atoms with Gasteiger partial charge in [-0.15, -0.1) is 0 Å². The number of allylic oxidation sites excluding steroid dienone is 4. The first-order valence-electron chi connectivity index (χ1n) is 16.6. The molecule has 9 heteroatoms. The molecule has 0 spiro atoms. The van der Waals surface area contributed by atoms with Gasteiger partial charge in [0, 0.05) is 29.8 Å². The summed E-state index contributed by atoms with van der Waals surface area (Å²) in [6.07, 6.45) is 5.91. The van der Waals surface area contributed by atoms with Crippen molar-refractivity contribution in [2.45, 2.75) is 91.7 Å². The number of anilines is 1. The highest BCUT2D eigenvalue weighted by Crippen LogP contribution is 2.47. The number of halogens is 1. The van der Waals surface area contributed by atoms with Crippen LogP contribution in [0.1, 0.15) is 96.5 Å². The number of aliphatic hydroxyl groups is 1. The first-order valence-corrected chi connectivity index (χ1v) is 16.6. The average molecular weight is 630 g/mol. The van der Waals surface area contributed by atoms with Crippen LogP contribution in [0.25, 0.3) is 27.5 Å². The predicted molar refractivity (Wildman–Crippen MR) is 185 cm³/mol. The lowest BCUT2D eigenvalue weighted by Crippen LogP contribution is -2.47. The van der Waals surface area contributed by atoms with Gasteiger partial charge in [-0.25, -0.2) is 4.39 Å². The van der Waals surface area contributed by atoms with Gasteiger partial charge in [-0.1, -0.05) is 32.9 Å². The Balaban J connectivity index is 0.00000204. The van der Waals surface area contributed by atoms with Crippen LogP contribution in [-0.2, 0) is 6.42 Å². The number of piperidine rings is 1. The molecule has 0 saturated carbocycles. The largest absolute Gasteiger partial charge is 0.508 e. The number of benzene rings is 2. The van der Waals surface area contributed by atoms with E-state index in [4.69, 9.17) is 14.7 Å². The Labute approximate surface area is 271 Å². The summed E-state index contributed by atoms with van der Waals surface area (Å²) in [6, 6.07) is 6.60. The molecule has 8 nitrogen and oxygen atoms in total. The van der Waals surface area contributed by atoms with Crippen molar-refractivity contribution < 1.29 is 19.3 Å². The van der Waals surface area contributed by atoms with Crippen LogP contribution in [0.4, 0.5) is 10.2 Å². The van der Waals surface area contributed by atoms with E-state index >= 15 is 4.39 Å². The fraction of sp³-hybridized carbons (Fsp3) is 0.486. The van der Waals surface area contributed by atoms with Gasteiger partial charge in [0.1, 0.15) is 24.0 Å². The second-order valence-electron chi connectivity index (χ2n) is 13.0. The molecule has 2 saturated heterocycles. The van der Waals surface area contributed by atoms with Gasteiger partial charge in [0.05, 0.1) is 22.6 Å². The van der Waals surface area contributed by atoms with Gasteiger partial charge in [-0.2, -0.15) is 9.97 Å². The maximum absolute atomic E-state index is 15.2. The van der Waals surface area contributed by atoms with Crippen LogP contribution in [-0.4, -0.2) is 63.3 Å². The molecular weight excluding hydrogens is 581 g/mol. The number of hydrogen-bond donors (Lipinski definition) is 4. The normalized spacial score (nSPS) is 23.9. The number of β-amino-alcohol motifs (C(OH)–C–C–N with tert-alkyl or cyclic N) is 1. The number of nitrogens with zero attached hydrogens (tertiary/aromatic N) is 3. The molecule has 3 heterocycles. The van der Waals surface area contributed by atoms with Gasteiger partial charge >= 0.3 is 6.01 Å². The van der Waals surface area contributed by atoms with Gasteiger partial charge in [-0.3, -0.25) is 5.41 Å². The minimum Gasteiger partial charge on any atom is -0.508 e. The van der Waals surface area contributed by atoms with E-state index in [1.807, 2.05) is 47.6 Å². The third kappa shape index (κ3) is 6.15. The number of ether oxygens (including phenoxy) is 1. The zero-order chi connectivity index (χ0) is 33.4. The second-order valence-corrected chi connectivity index (χ2v) is 13.0. The lowest BCUT2D eigenvalue weighted by molar-refractivity contribution is 0.0446. The quantitative estimate of drug-likeness (QED) is 0.226. The van der Waals surface area contributed by atoms with Crippen LogP contribution >= 0.6 is 0 Å². The summed E-state index contributed by atoms with van der Waals surface area (Å²) >= 11 is 0. The van der Waals surface area contributed by atoms with Crippen molar-refractivity contribution in [1.82, 2.24) is 15.3 Å². The smallest absolute Gasteiger partial charge is 0.319 e. The summed E-state index contributed by atoms with van der Waals surface area (Å²) in [5, 5.41) is 36.3.